The maximum Gasteiger partial charge on any atom is 0.409 e. The maximum absolute atomic E-state index is 13.8. The molecule has 1 heterocycles. The Balaban J connectivity index is 2.10. The molecule has 1 N–H and O–H groups in total. The third kappa shape index (κ3) is 3.08. The van der Waals surface area contributed by atoms with Gasteiger partial charge in [0.1, 0.15) is 0 Å². The van der Waals surface area contributed by atoms with Crippen LogP contribution < -0.4 is 5.43 Å². The van der Waals surface area contributed by atoms with E-state index in [2.05, 4.69) is 5.43 Å². The molecule has 0 bridgehead atoms. The van der Waals surface area contributed by atoms with Gasteiger partial charge >= 0.3 is 6.18 Å². The van der Waals surface area contributed by atoms with Crippen molar-refractivity contribution in [3.05, 3.63) is 47.0 Å². The number of carbonyl (C=O) groups excluding carboxylic acids is 1. The predicted octanol–water partition coefficient (Wildman–Crippen LogP) is 4.61. The van der Waals surface area contributed by atoms with Crippen LogP contribution in [0.15, 0.2) is 36.4 Å². The topological polar surface area (TPSA) is 32.3 Å². The lowest BCUT2D eigenvalue weighted by Gasteiger charge is -2.38. The number of nitrogens with zero attached hydrogens (tertiary/aromatic N) is 1. The lowest BCUT2D eigenvalue weighted by molar-refractivity contribution is -0.203. The molecule has 1 aliphatic rings. The fourth-order valence-electron chi connectivity index (χ4n) is 3.11. The molecule has 0 aliphatic carbocycles. The second kappa shape index (κ2) is 5.63. The van der Waals surface area contributed by atoms with Crippen molar-refractivity contribution in [1.29, 1.82) is 0 Å². The van der Waals surface area contributed by atoms with Gasteiger partial charge in [0.2, 0.25) is 5.91 Å². The zero-order chi connectivity index (χ0) is 17.7. The number of hydrogen-bond donors (Lipinski definition) is 1. The van der Waals surface area contributed by atoms with Gasteiger partial charge in [0.05, 0.1) is 0 Å². The van der Waals surface area contributed by atoms with Crippen LogP contribution in [-0.2, 0) is 4.79 Å². The number of hydrogen-bond acceptors (Lipinski definition) is 2. The van der Waals surface area contributed by atoms with Gasteiger partial charge in [-0.25, -0.2) is 0 Å². The van der Waals surface area contributed by atoms with E-state index < -0.39 is 23.7 Å². The standard InChI is InChI=1S/C17H16ClF3N2O/c1-16(2)9-14(24)22-23(16)15(17(19,20)21)12-4-3-11-8-13(18)6-5-10(11)7-12/h3-8,15H,9H2,1-2H3,(H,22,24)/t15-/m0/s1. The lowest BCUT2D eigenvalue weighted by Crippen LogP contribution is -2.51. The zero-order valence-electron chi connectivity index (χ0n) is 13.1. The summed E-state index contributed by atoms with van der Waals surface area (Å²) in [4.78, 5) is 11.6. The minimum atomic E-state index is -4.53. The highest BCUT2D eigenvalue weighted by Gasteiger charge is 2.52. The first-order valence-corrected chi connectivity index (χ1v) is 7.80. The van der Waals surface area contributed by atoms with E-state index in [0.717, 1.165) is 10.4 Å². The molecular formula is C17H16ClF3N2O. The van der Waals surface area contributed by atoms with E-state index in [0.29, 0.717) is 10.4 Å². The van der Waals surface area contributed by atoms with Crippen LogP contribution in [0.5, 0.6) is 0 Å². The first kappa shape index (κ1) is 17.0. The average molecular weight is 357 g/mol. The number of rotatable bonds is 2. The van der Waals surface area contributed by atoms with Crippen molar-refractivity contribution < 1.29 is 18.0 Å². The highest BCUT2D eigenvalue weighted by molar-refractivity contribution is 6.31. The molecule has 2 aromatic rings. The Morgan fingerprint density at radius 1 is 1.17 bits per heavy atom. The smallest absolute Gasteiger partial charge is 0.287 e. The monoisotopic (exact) mass is 356 g/mol. The minimum Gasteiger partial charge on any atom is -0.287 e. The molecule has 1 fully saturated rings. The summed E-state index contributed by atoms with van der Waals surface area (Å²) in [5.41, 5.74) is 1.50. The average Bonchev–Trinajstić information content (AvgIpc) is 2.70. The first-order valence-electron chi connectivity index (χ1n) is 7.43. The van der Waals surface area contributed by atoms with Gasteiger partial charge < -0.3 is 0 Å². The van der Waals surface area contributed by atoms with Crippen LogP contribution in [0.2, 0.25) is 5.02 Å². The minimum absolute atomic E-state index is 0.0166. The number of halogens is 4. The van der Waals surface area contributed by atoms with Crippen LogP contribution in [0.1, 0.15) is 31.9 Å². The van der Waals surface area contributed by atoms with E-state index in [1.54, 1.807) is 38.1 Å². The molecule has 0 aromatic heterocycles. The van der Waals surface area contributed by atoms with Gasteiger partial charge in [-0.3, -0.25) is 10.2 Å². The number of amides is 1. The van der Waals surface area contributed by atoms with E-state index in [1.807, 2.05) is 0 Å². The third-order valence-electron chi connectivity index (χ3n) is 4.20. The Morgan fingerprint density at radius 2 is 1.79 bits per heavy atom. The van der Waals surface area contributed by atoms with Gasteiger partial charge in [-0.05, 0) is 48.4 Å². The Labute approximate surface area is 142 Å². The summed E-state index contributed by atoms with van der Waals surface area (Å²) in [5, 5.41) is 2.95. The second-order valence-corrected chi connectivity index (χ2v) is 7.03. The summed E-state index contributed by atoms with van der Waals surface area (Å²) in [6, 6.07) is 7.63. The summed E-state index contributed by atoms with van der Waals surface area (Å²) < 4.78 is 41.3. The van der Waals surface area contributed by atoms with Gasteiger partial charge in [0, 0.05) is 17.0 Å². The molecule has 1 amide bonds. The van der Waals surface area contributed by atoms with Gasteiger partial charge in [-0.1, -0.05) is 29.8 Å². The fraction of sp³-hybridized carbons (Fsp3) is 0.353. The van der Waals surface area contributed by atoms with E-state index in [9.17, 15) is 18.0 Å². The van der Waals surface area contributed by atoms with Crippen LogP contribution in [-0.4, -0.2) is 22.6 Å². The van der Waals surface area contributed by atoms with Crippen LogP contribution in [0, 0.1) is 0 Å². The van der Waals surface area contributed by atoms with Gasteiger partial charge in [-0.15, -0.1) is 0 Å². The Morgan fingerprint density at radius 3 is 2.38 bits per heavy atom. The molecule has 0 saturated carbocycles. The van der Waals surface area contributed by atoms with Crippen molar-refractivity contribution in [2.24, 2.45) is 0 Å². The van der Waals surface area contributed by atoms with Crippen LogP contribution in [0.3, 0.4) is 0 Å². The molecule has 1 atom stereocenters. The van der Waals surface area contributed by atoms with E-state index in [4.69, 9.17) is 11.6 Å². The number of benzene rings is 2. The van der Waals surface area contributed by atoms with Gasteiger partial charge in [0.25, 0.3) is 0 Å². The van der Waals surface area contributed by atoms with E-state index in [1.165, 1.54) is 12.1 Å². The van der Waals surface area contributed by atoms with E-state index >= 15 is 0 Å². The van der Waals surface area contributed by atoms with Crippen LogP contribution in [0.25, 0.3) is 10.8 Å². The zero-order valence-corrected chi connectivity index (χ0v) is 13.9. The molecule has 0 radical (unpaired) electrons. The van der Waals surface area contributed by atoms with Crippen LogP contribution in [0.4, 0.5) is 13.2 Å². The van der Waals surface area contributed by atoms with Crippen molar-refractivity contribution in [2.45, 2.75) is 38.0 Å². The number of carbonyl (C=O) groups is 1. The normalized spacial score (nSPS) is 19.5. The van der Waals surface area contributed by atoms with E-state index in [-0.39, 0.29) is 12.0 Å². The molecule has 2 aromatic carbocycles. The number of hydrazine groups is 1. The van der Waals surface area contributed by atoms with Gasteiger partial charge in [-0.2, -0.15) is 18.2 Å². The molecule has 0 unspecified atom stereocenters. The molecule has 3 nitrogen and oxygen atoms in total. The predicted molar refractivity (Wildman–Crippen MR) is 86.4 cm³/mol. The van der Waals surface area contributed by atoms with Crippen molar-refractivity contribution in [1.82, 2.24) is 10.4 Å². The highest BCUT2D eigenvalue weighted by Crippen LogP contribution is 2.43. The summed E-state index contributed by atoms with van der Waals surface area (Å²) in [5.74, 6) is -0.415. The molecule has 1 aliphatic heterocycles. The first-order chi connectivity index (χ1) is 11.1. The van der Waals surface area contributed by atoms with Crippen molar-refractivity contribution in [2.75, 3.05) is 0 Å². The molecule has 3 rings (SSSR count). The van der Waals surface area contributed by atoms with Gasteiger partial charge in [0.15, 0.2) is 6.04 Å². The largest absolute Gasteiger partial charge is 0.409 e. The fourth-order valence-corrected chi connectivity index (χ4v) is 3.29. The summed E-state index contributed by atoms with van der Waals surface area (Å²) in [6.45, 7) is 3.23. The molecule has 24 heavy (non-hydrogen) atoms. The molecule has 7 heteroatoms. The third-order valence-corrected chi connectivity index (χ3v) is 4.44. The number of alkyl halides is 3. The maximum atomic E-state index is 13.8. The van der Waals surface area contributed by atoms with Crippen molar-refractivity contribution in [3.8, 4) is 0 Å². The Bertz CT molecular complexity index is 804. The molecular weight excluding hydrogens is 341 g/mol. The molecule has 0 spiro atoms. The quantitative estimate of drug-likeness (QED) is 0.852. The molecule has 1 saturated heterocycles. The summed E-state index contributed by atoms with van der Waals surface area (Å²) >= 11 is 5.91. The number of nitrogens with one attached hydrogen (secondary N) is 1. The number of fused-ring (bicyclic) bond motifs is 1. The summed E-state index contributed by atoms with van der Waals surface area (Å²) in [7, 11) is 0. The van der Waals surface area contributed by atoms with Crippen LogP contribution >= 0.6 is 11.6 Å². The molecule has 128 valence electrons. The second-order valence-electron chi connectivity index (χ2n) is 6.59. The highest BCUT2D eigenvalue weighted by atomic mass is 35.5. The lowest BCUT2D eigenvalue weighted by atomic mass is 9.95. The Kier molecular flexibility index (Phi) is 4.00. The van der Waals surface area contributed by atoms with Crippen molar-refractivity contribution >= 4 is 28.3 Å². The SMILES string of the molecule is CC1(C)CC(=O)NN1[C@@H](c1ccc2cc(Cl)ccc2c1)C(F)(F)F. The summed E-state index contributed by atoms with van der Waals surface area (Å²) in [6.07, 6.45) is -4.52. The van der Waals surface area contributed by atoms with Crippen molar-refractivity contribution in [3.63, 3.8) is 0 Å². The Hall–Kier alpha value is -1.79.